The maximum atomic E-state index is 2.35. The minimum atomic E-state index is -1.22. The number of hydrogen-bond acceptors (Lipinski definition) is 0. The van der Waals surface area contributed by atoms with Crippen molar-refractivity contribution in [3.8, 4) is 11.1 Å². The van der Waals surface area contributed by atoms with E-state index in [2.05, 4.69) is 207 Å². The molecule has 0 aliphatic rings. The molecule has 6 aromatic carbocycles. The first-order valence-electron chi connectivity index (χ1n) is 15.2. The largest absolute Gasteiger partial charge is 0.297 e. The van der Waals surface area contributed by atoms with E-state index in [1.54, 1.807) is 0 Å². The number of aryl methyl sites for hydroxylation is 1. The summed E-state index contributed by atoms with van der Waals surface area (Å²) in [5, 5.41) is 0. The summed E-state index contributed by atoms with van der Waals surface area (Å²) in [6.45, 7) is 6.67. The van der Waals surface area contributed by atoms with Crippen LogP contribution in [0.1, 0.15) is 25.0 Å². The lowest BCUT2D eigenvalue weighted by Crippen LogP contribution is -3.34. The molecule has 6 rings (SSSR count). The van der Waals surface area contributed by atoms with Gasteiger partial charge in [-0.1, -0.05) is 171 Å². The van der Waals surface area contributed by atoms with Gasteiger partial charge in [-0.2, -0.15) is 21.9 Å². The van der Waals surface area contributed by atoms with Gasteiger partial charge in [0.2, 0.25) is 0 Å². The third kappa shape index (κ3) is 7.20. The van der Waals surface area contributed by atoms with Crippen LogP contribution in [0.15, 0.2) is 164 Å². The van der Waals surface area contributed by atoms with Gasteiger partial charge in [0.05, 0.1) is 0 Å². The highest BCUT2D eigenvalue weighted by Gasteiger charge is 2.31. The van der Waals surface area contributed by atoms with Crippen LogP contribution >= 0.6 is 0 Å². The highest BCUT2D eigenvalue weighted by atomic mass is 127. The molecule has 43 heavy (non-hydrogen) atoms. The molecule has 0 bridgehead atoms. The lowest BCUT2D eigenvalue weighted by atomic mass is 9.13. The third-order valence-corrected chi connectivity index (χ3v) is 9.26. The fourth-order valence-electron chi connectivity index (χ4n) is 6.26. The van der Waals surface area contributed by atoms with E-state index in [1.807, 2.05) is 0 Å². The summed E-state index contributed by atoms with van der Waals surface area (Å²) in [7, 11) is 0. The lowest BCUT2D eigenvalue weighted by molar-refractivity contribution is -0.326. The molecule has 0 nitrogen and oxygen atoms in total. The molecule has 0 saturated carbocycles. The van der Waals surface area contributed by atoms with E-state index in [1.165, 1.54) is 47.7 Å². The highest BCUT2D eigenvalue weighted by Crippen LogP contribution is 2.22. The number of benzene rings is 6. The van der Waals surface area contributed by atoms with Gasteiger partial charge in [-0.3, -0.25) is 0 Å². The first-order valence-corrected chi connectivity index (χ1v) is 16.4. The molecule has 0 fully saturated rings. The number of rotatable bonds is 7. The van der Waals surface area contributed by atoms with Crippen molar-refractivity contribution in [1.82, 2.24) is 0 Å². The molecule has 0 saturated heterocycles. The van der Waals surface area contributed by atoms with Gasteiger partial charge in [-0.25, -0.2) is 0 Å². The van der Waals surface area contributed by atoms with E-state index in [0.717, 1.165) is 6.42 Å². The average molecular weight is 670 g/mol. The minimum Gasteiger partial charge on any atom is -0.195 e. The van der Waals surface area contributed by atoms with Crippen LogP contribution < -0.4 is 44.4 Å². The van der Waals surface area contributed by atoms with Crippen molar-refractivity contribution in [2.45, 2.75) is 27.2 Å². The van der Waals surface area contributed by atoms with Crippen molar-refractivity contribution in [3.63, 3.8) is 0 Å². The van der Waals surface area contributed by atoms with Crippen LogP contribution in [0, 0.1) is 16.4 Å². The van der Waals surface area contributed by atoms with Crippen molar-refractivity contribution < 1.29 is 22.6 Å². The zero-order valence-corrected chi connectivity index (χ0v) is 27.7. The Morgan fingerprint density at radius 1 is 0.512 bits per heavy atom. The van der Waals surface area contributed by atoms with Gasteiger partial charge in [0.15, 0.2) is 3.57 Å². The summed E-state index contributed by atoms with van der Waals surface area (Å²) in [5.41, 5.74) is 10.8. The standard InChI is InChI=1S/C24H20B.C17H20I/c1-5-13-21(14-6-1)25(22-15-7-2-8-16-22,23-17-9-3-10-18-23)24-19-11-4-12-20-24;1-12(2)10-14-6-9-17(18)16(11-14)15-7-4-13(3)5-8-15/h1-20H;4-9,11-12,18H,10H2,1-3H3/q-1;+1. The van der Waals surface area contributed by atoms with Crippen LogP contribution in [-0.2, 0) is 6.42 Å². The van der Waals surface area contributed by atoms with Crippen LogP contribution in [0.3, 0.4) is 0 Å². The number of hydrogen-bond donors (Lipinski definition) is 0. The number of halogens is 1. The molecule has 0 heterocycles. The van der Waals surface area contributed by atoms with Crippen LogP contribution in [0.4, 0.5) is 0 Å². The Labute approximate surface area is 271 Å². The highest BCUT2D eigenvalue weighted by molar-refractivity contribution is 7.19. The molecule has 0 atom stereocenters. The van der Waals surface area contributed by atoms with Gasteiger partial charge in [0.25, 0.3) is 22.6 Å². The molecule has 0 aliphatic heterocycles. The zero-order chi connectivity index (χ0) is 30.1. The summed E-state index contributed by atoms with van der Waals surface area (Å²) >= 11 is 2.11. The van der Waals surface area contributed by atoms with E-state index in [9.17, 15) is 0 Å². The predicted octanol–water partition coefficient (Wildman–Crippen LogP) is 4.38. The summed E-state index contributed by atoms with van der Waals surface area (Å²) in [5.74, 6) is 0.708. The first kappa shape index (κ1) is 30.6. The molecule has 6 aromatic rings. The minimum absolute atomic E-state index is 0.708. The van der Waals surface area contributed by atoms with Crippen molar-refractivity contribution in [2.24, 2.45) is 5.92 Å². The molecular formula is C41H40BI. The van der Waals surface area contributed by atoms with Gasteiger partial charge < -0.3 is 0 Å². The Balaban J connectivity index is 0.000000181. The average Bonchev–Trinajstić information content (AvgIpc) is 3.05. The molecule has 0 amide bonds. The fraction of sp³-hybridized carbons (Fsp3) is 0.122. The molecular weight excluding hydrogens is 630 g/mol. The predicted molar refractivity (Wildman–Crippen MR) is 185 cm³/mol. The summed E-state index contributed by atoms with van der Waals surface area (Å²) < 4.78 is 1.36. The maximum absolute atomic E-state index is 2.35. The van der Waals surface area contributed by atoms with E-state index in [4.69, 9.17) is 0 Å². The second-order valence-electron chi connectivity index (χ2n) is 11.8. The van der Waals surface area contributed by atoms with E-state index < -0.39 is 6.15 Å². The molecule has 2 heteroatoms. The van der Waals surface area contributed by atoms with Crippen LogP contribution in [-0.4, -0.2) is 6.15 Å². The molecule has 0 radical (unpaired) electrons. The van der Waals surface area contributed by atoms with E-state index in [-0.39, 0.29) is 0 Å². The second-order valence-corrected chi connectivity index (χ2v) is 13.1. The second kappa shape index (κ2) is 14.5. The topological polar surface area (TPSA) is 0 Å². The Hall–Kier alpha value is -3.89. The Bertz CT molecular complexity index is 1530. The lowest BCUT2D eigenvalue weighted by Gasteiger charge is -2.44. The van der Waals surface area contributed by atoms with Crippen LogP contribution in [0.2, 0.25) is 0 Å². The van der Waals surface area contributed by atoms with Gasteiger partial charge in [-0.05, 0) is 42.5 Å². The Morgan fingerprint density at radius 3 is 1.28 bits per heavy atom. The molecule has 0 aromatic heterocycles. The van der Waals surface area contributed by atoms with Gasteiger partial charge >= 0.3 is 0 Å². The molecule has 0 N–H and O–H groups in total. The van der Waals surface area contributed by atoms with Gasteiger partial charge in [0.1, 0.15) is 6.15 Å². The molecule has 0 unspecified atom stereocenters. The molecule has 0 spiro atoms. The fourth-order valence-corrected chi connectivity index (χ4v) is 6.95. The Kier molecular flexibility index (Phi) is 10.3. The van der Waals surface area contributed by atoms with Crippen molar-refractivity contribution in [2.75, 3.05) is 0 Å². The summed E-state index contributed by atoms with van der Waals surface area (Å²) in [4.78, 5) is 0. The van der Waals surface area contributed by atoms with E-state index in [0.29, 0.717) is 5.92 Å². The van der Waals surface area contributed by atoms with Crippen molar-refractivity contribution >= 4 is 28.0 Å². The molecule has 0 aliphatic carbocycles. The van der Waals surface area contributed by atoms with Crippen LogP contribution in [0.5, 0.6) is 0 Å². The summed E-state index contributed by atoms with van der Waals surface area (Å²) in [6, 6.07) is 59.2. The van der Waals surface area contributed by atoms with Crippen molar-refractivity contribution in [3.05, 3.63) is 178 Å². The van der Waals surface area contributed by atoms with E-state index >= 15 is 0 Å². The SMILES string of the molecule is Cc1ccc(-c2cc(CC(C)C)ccc2[IH+])cc1.c1ccc([B-](c2ccccc2)(c2ccccc2)c2ccccc2)cc1. The third-order valence-electron chi connectivity index (χ3n) is 8.25. The maximum Gasteiger partial charge on any atom is 0.297 e. The quantitative estimate of drug-likeness (QED) is 0.175. The first-order chi connectivity index (χ1) is 21.0. The van der Waals surface area contributed by atoms with Crippen molar-refractivity contribution in [1.29, 1.82) is 0 Å². The normalized spacial score (nSPS) is 11.1. The monoisotopic (exact) mass is 670 g/mol. The molecule has 214 valence electrons. The van der Waals surface area contributed by atoms with Gasteiger partial charge in [-0.15, -0.1) is 0 Å². The zero-order valence-electron chi connectivity index (χ0n) is 25.4. The smallest absolute Gasteiger partial charge is 0.195 e. The Morgan fingerprint density at radius 2 is 0.907 bits per heavy atom. The van der Waals surface area contributed by atoms with Crippen LogP contribution in [0.25, 0.3) is 11.1 Å². The van der Waals surface area contributed by atoms with Gasteiger partial charge in [0, 0.05) is 5.56 Å². The summed E-state index contributed by atoms with van der Waals surface area (Å²) in [6.07, 6.45) is -0.0625.